The topological polar surface area (TPSA) is 67.6 Å². The number of nitrogens with zero attached hydrogens (tertiary/aromatic N) is 1. The molecule has 0 aromatic heterocycles. The first-order valence-corrected chi connectivity index (χ1v) is 7.90. The number of aryl methyl sites for hydroxylation is 1. The Morgan fingerprint density at radius 1 is 1.62 bits per heavy atom. The third-order valence-corrected chi connectivity index (χ3v) is 4.19. The minimum atomic E-state index is -0.0258. The van der Waals surface area contributed by atoms with Gasteiger partial charge in [0.2, 0.25) is 5.91 Å². The van der Waals surface area contributed by atoms with Gasteiger partial charge in [0, 0.05) is 23.6 Å². The fraction of sp³-hybridized carbons (Fsp3) is 0.533. The van der Waals surface area contributed by atoms with Crippen molar-refractivity contribution >= 4 is 27.5 Å². The quantitative estimate of drug-likeness (QED) is 0.863. The van der Waals surface area contributed by atoms with E-state index in [2.05, 4.69) is 26.1 Å². The molecule has 21 heavy (non-hydrogen) atoms. The van der Waals surface area contributed by atoms with Gasteiger partial charge >= 0.3 is 0 Å². The first kappa shape index (κ1) is 16.4. The average molecular weight is 356 g/mol. The van der Waals surface area contributed by atoms with Crippen molar-refractivity contribution in [1.82, 2.24) is 4.90 Å². The molecule has 1 heterocycles. The number of rotatable bonds is 4. The second-order valence-electron chi connectivity index (χ2n) is 5.53. The van der Waals surface area contributed by atoms with E-state index < -0.39 is 0 Å². The molecule has 2 atom stereocenters. The van der Waals surface area contributed by atoms with Crippen LogP contribution in [0.2, 0.25) is 0 Å². The Hall–Kier alpha value is -0.950. The summed E-state index contributed by atoms with van der Waals surface area (Å²) < 4.78 is 6.49. The highest BCUT2D eigenvalue weighted by molar-refractivity contribution is 9.10. The van der Waals surface area contributed by atoms with Gasteiger partial charge in [0.05, 0.1) is 24.9 Å². The van der Waals surface area contributed by atoms with E-state index in [1.165, 1.54) is 0 Å². The summed E-state index contributed by atoms with van der Waals surface area (Å²) in [6.07, 6.45) is -0.00217. The van der Waals surface area contributed by atoms with Crippen LogP contribution in [0.3, 0.4) is 0 Å². The summed E-state index contributed by atoms with van der Waals surface area (Å²) in [7, 11) is 0. The first-order chi connectivity index (χ1) is 9.95. The molecule has 0 spiro atoms. The number of nitrogens with one attached hydrogen (secondary N) is 1. The number of morpholine rings is 1. The highest BCUT2D eigenvalue weighted by Crippen LogP contribution is 2.23. The van der Waals surface area contributed by atoms with Crippen molar-refractivity contribution in [1.29, 1.82) is 0 Å². The zero-order valence-corrected chi connectivity index (χ0v) is 14.0. The van der Waals surface area contributed by atoms with Gasteiger partial charge in [0.1, 0.15) is 0 Å². The van der Waals surface area contributed by atoms with E-state index in [4.69, 9.17) is 10.5 Å². The average Bonchev–Trinajstić information content (AvgIpc) is 2.42. The van der Waals surface area contributed by atoms with Crippen LogP contribution >= 0.6 is 15.9 Å². The standard InChI is InChI=1S/C15H22BrN3O2/c1-10-3-4-13(12(16)7-10)18-15(20)9-19-5-6-21-14(8-19)11(2)17/h3-4,7,11,14H,5-6,8-9,17H2,1-2H3,(H,18,20). The number of carbonyl (C=O) groups excluding carboxylic acids is 1. The Bertz CT molecular complexity index is 508. The van der Waals surface area contributed by atoms with Crippen LogP contribution in [-0.2, 0) is 9.53 Å². The molecule has 1 amide bonds. The minimum absolute atomic E-state index is 0.00217. The van der Waals surface area contributed by atoms with Crippen LogP contribution in [-0.4, -0.2) is 49.2 Å². The van der Waals surface area contributed by atoms with Crippen LogP contribution in [0, 0.1) is 6.92 Å². The molecule has 1 aliphatic heterocycles. The molecule has 1 aromatic carbocycles. The molecule has 0 bridgehead atoms. The van der Waals surface area contributed by atoms with E-state index in [0.29, 0.717) is 19.7 Å². The van der Waals surface area contributed by atoms with E-state index >= 15 is 0 Å². The summed E-state index contributed by atoms with van der Waals surface area (Å²) in [5.41, 5.74) is 7.80. The van der Waals surface area contributed by atoms with Crippen molar-refractivity contribution in [3.63, 3.8) is 0 Å². The smallest absolute Gasteiger partial charge is 0.238 e. The van der Waals surface area contributed by atoms with E-state index in [1.54, 1.807) is 0 Å². The predicted octanol–water partition coefficient (Wildman–Crippen LogP) is 1.74. The third kappa shape index (κ3) is 4.78. The van der Waals surface area contributed by atoms with E-state index in [1.807, 2.05) is 32.0 Å². The van der Waals surface area contributed by atoms with Gasteiger partial charge in [-0.2, -0.15) is 0 Å². The fourth-order valence-corrected chi connectivity index (χ4v) is 2.90. The number of benzene rings is 1. The molecule has 2 unspecified atom stereocenters. The molecule has 0 radical (unpaired) electrons. The molecule has 3 N–H and O–H groups in total. The lowest BCUT2D eigenvalue weighted by molar-refractivity contribution is -0.119. The number of amides is 1. The number of nitrogens with two attached hydrogens (primary N) is 1. The summed E-state index contributed by atoms with van der Waals surface area (Å²) in [5.74, 6) is -0.0233. The van der Waals surface area contributed by atoms with Gasteiger partial charge in [-0.25, -0.2) is 0 Å². The SMILES string of the molecule is Cc1ccc(NC(=O)CN2CCOC(C(C)N)C2)c(Br)c1. The normalized spacial score (nSPS) is 21.0. The fourth-order valence-electron chi connectivity index (χ4n) is 2.31. The second kappa shape index (κ2) is 7.35. The van der Waals surface area contributed by atoms with Crippen molar-refractivity contribution in [3.05, 3.63) is 28.2 Å². The van der Waals surface area contributed by atoms with E-state index in [-0.39, 0.29) is 18.1 Å². The van der Waals surface area contributed by atoms with Crippen molar-refractivity contribution in [2.24, 2.45) is 5.73 Å². The second-order valence-corrected chi connectivity index (χ2v) is 6.39. The maximum absolute atomic E-state index is 12.1. The Kier molecular flexibility index (Phi) is 5.75. The van der Waals surface area contributed by atoms with E-state index in [9.17, 15) is 4.79 Å². The Balaban J connectivity index is 1.89. The van der Waals surface area contributed by atoms with Gasteiger partial charge in [-0.1, -0.05) is 6.07 Å². The van der Waals surface area contributed by atoms with Crippen molar-refractivity contribution in [2.45, 2.75) is 26.0 Å². The van der Waals surface area contributed by atoms with Crippen LogP contribution in [0.4, 0.5) is 5.69 Å². The van der Waals surface area contributed by atoms with Crippen LogP contribution in [0.25, 0.3) is 0 Å². The summed E-state index contributed by atoms with van der Waals surface area (Å²) >= 11 is 3.46. The molecule has 116 valence electrons. The maximum atomic E-state index is 12.1. The molecule has 1 aliphatic rings. The Labute approximate surface area is 134 Å². The van der Waals surface area contributed by atoms with Gasteiger partial charge in [-0.15, -0.1) is 0 Å². The Morgan fingerprint density at radius 2 is 2.38 bits per heavy atom. The summed E-state index contributed by atoms with van der Waals surface area (Å²) in [4.78, 5) is 14.2. The minimum Gasteiger partial charge on any atom is -0.374 e. The number of ether oxygens (including phenoxy) is 1. The third-order valence-electron chi connectivity index (χ3n) is 3.53. The number of carbonyl (C=O) groups is 1. The van der Waals surface area contributed by atoms with Crippen LogP contribution in [0.5, 0.6) is 0 Å². The molecular formula is C15H22BrN3O2. The van der Waals surface area contributed by atoms with Crippen LogP contribution in [0.15, 0.2) is 22.7 Å². The molecule has 6 heteroatoms. The van der Waals surface area contributed by atoms with Crippen molar-refractivity contribution in [2.75, 3.05) is 31.6 Å². The lowest BCUT2D eigenvalue weighted by atomic mass is 10.1. The predicted molar refractivity (Wildman–Crippen MR) is 87.3 cm³/mol. The van der Waals surface area contributed by atoms with Crippen LogP contribution < -0.4 is 11.1 Å². The number of halogens is 1. The molecule has 1 saturated heterocycles. The van der Waals surface area contributed by atoms with E-state index in [0.717, 1.165) is 22.3 Å². The number of anilines is 1. The lowest BCUT2D eigenvalue weighted by Gasteiger charge is -2.34. The number of hydrogen-bond acceptors (Lipinski definition) is 4. The molecule has 2 rings (SSSR count). The summed E-state index contributed by atoms with van der Waals surface area (Å²) in [5, 5.41) is 2.93. The molecule has 1 aromatic rings. The van der Waals surface area contributed by atoms with Gasteiger partial charge in [0.15, 0.2) is 0 Å². The van der Waals surface area contributed by atoms with Crippen LogP contribution in [0.1, 0.15) is 12.5 Å². The maximum Gasteiger partial charge on any atom is 0.238 e. The molecule has 1 fully saturated rings. The molecule has 0 saturated carbocycles. The summed E-state index contributed by atoms with van der Waals surface area (Å²) in [6, 6.07) is 5.83. The van der Waals surface area contributed by atoms with Crippen molar-refractivity contribution < 1.29 is 9.53 Å². The first-order valence-electron chi connectivity index (χ1n) is 7.11. The highest BCUT2D eigenvalue weighted by atomic mass is 79.9. The monoisotopic (exact) mass is 355 g/mol. The zero-order valence-electron chi connectivity index (χ0n) is 12.4. The van der Waals surface area contributed by atoms with Gasteiger partial charge in [-0.05, 0) is 47.5 Å². The zero-order chi connectivity index (χ0) is 15.4. The molecular weight excluding hydrogens is 334 g/mol. The largest absolute Gasteiger partial charge is 0.374 e. The van der Waals surface area contributed by atoms with Gasteiger partial charge in [0.25, 0.3) is 0 Å². The summed E-state index contributed by atoms with van der Waals surface area (Å²) in [6.45, 7) is 6.36. The molecule has 5 nitrogen and oxygen atoms in total. The lowest BCUT2D eigenvalue weighted by Crippen LogP contribution is -2.51. The Morgan fingerprint density at radius 3 is 3.05 bits per heavy atom. The van der Waals surface area contributed by atoms with Crippen molar-refractivity contribution in [3.8, 4) is 0 Å². The van der Waals surface area contributed by atoms with Gasteiger partial charge < -0.3 is 15.8 Å². The molecule has 0 aliphatic carbocycles. The highest BCUT2D eigenvalue weighted by Gasteiger charge is 2.24. The number of hydrogen-bond donors (Lipinski definition) is 2. The van der Waals surface area contributed by atoms with Gasteiger partial charge in [-0.3, -0.25) is 9.69 Å².